The molecule has 4 nitrogen and oxygen atoms in total. The molecule has 0 radical (unpaired) electrons. The summed E-state index contributed by atoms with van der Waals surface area (Å²) in [6.45, 7) is 0. The smallest absolute Gasteiger partial charge is 0.254 e. The Morgan fingerprint density at radius 1 is 1.24 bits per heavy atom. The van der Waals surface area contributed by atoms with E-state index in [1.165, 1.54) is 0 Å². The third-order valence-corrected chi connectivity index (χ3v) is 6.28. The molecule has 1 amide bonds. The number of methoxy groups -OCH3 is 1. The molecule has 5 heteroatoms. The van der Waals surface area contributed by atoms with Crippen molar-refractivity contribution in [3.8, 4) is 0 Å². The SMILES string of the molecule is COC1=CCC([C@@H]2Sc3c(ccc4ccccc34)NC(=O)[C@@H]2O)C=C1. The highest BCUT2D eigenvalue weighted by atomic mass is 32.2. The van der Waals surface area contributed by atoms with E-state index in [2.05, 4.69) is 17.4 Å². The van der Waals surface area contributed by atoms with Gasteiger partial charge in [0.1, 0.15) is 11.9 Å². The highest BCUT2D eigenvalue weighted by molar-refractivity contribution is 8.00. The molecule has 2 aromatic rings. The highest BCUT2D eigenvalue weighted by Gasteiger charge is 2.36. The summed E-state index contributed by atoms with van der Waals surface area (Å²) >= 11 is 1.58. The van der Waals surface area contributed by atoms with Crippen LogP contribution in [-0.4, -0.2) is 29.5 Å². The first-order valence-corrected chi connectivity index (χ1v) is 9.15. The number of thioether (sulfide) groups is 1. The van der Waals surface area contributed by atoms with Gasteiger partial charge in [-0.15, -0.1) is 11.8 Å². The van der Waals surface area contributed by atoms with E-state index in [0.717, 1.165) is 33.5 Å². The standard InChI is InChI=1S/C20H19NO3S/c1-24-14-9-6-13(7-10-14)18-17(22)20(23)21-16-11-8-12-4-2-3-5-15(12)19(16)25-18/h2-6,8-11,13,17-18,22H,7H2,1H3,(H,21,23)/t13?,17-,18+/m1/s1. The van der Waals surface area contributed by atoms with Crippen LogP contribution in [0.15, 0.2) is 65.3 Å². The van der Waals surface area contributed by atoms with Crippen molar-refractivity contribution in [2.45, 2.75) is 22.7 Å². The fourth-order valence-electron chi connectivity index (χ4n) is 3.36. The lowest BCUT2D eigenvalue weighted by Gasteiger charge is -2.27. The van der Waals surface area contributed by atoms with Crippen LogP contribution >= 0.6 is 11.8 Å². The van der Waals surface area contributed by atoms with Crippen LogP contribution in [0, 0.1) is 5.92 Å². The lowest BCUT2D eigenvalue weighted by atomic mass is 9.93. The Hall–Kier alpha value is -2.24. The van der Waals surface area contributed by atoms with Gasteiger partial charge in [-0.05, 0) is 41.3 Å². The zero-order valence-electron chi connectivity index (χ0n) is 13.8. The molecule has 1 aliphatic carbocycles. The fraction of sp³-hybridized carbons (Fsp3) is 0.250. The zero-order chi connectivity index (χ0) is 17.4. The van der Waals surface area contributed by atoms with E-state index < -0.39 is 6.10 Å². The molecule has 25 heavy (non-hydrogen) atoms. The number of aliphatic hydroxyl groups is 1. The quantitative estimate of drug-likeness (QED) is 0.864. The maximum atomic E-state index is 12.4. The van der Waals surface area contributed by atoms with E-state index in [1.807, 2.05) is 42.5 Å². The molecule has 2 aromatic carbocycles. The summed E-state index contributed by atoms with van der Waals surface area (Å²) in [5, 5.41) is 15.5. The maximum absolute atomic E-state index is 12.4. The van der Waals surface area contributed by atoms with Crippen LogP contribution in [0.4, 0.5) is 5.69 Å². The van der Waals surface area contributed by atoms with Crippen LogP contribution < -0.4 is 5.32 Å². The minimum atomic E-state index is -1.07. The summed E-state index contributed by atoms with van der Waals surface area (Å²) in [7, 11) is 1.64. The Morgan fingerprint density at radius 3 is 2.84 bits per heavy atom. The Morgan fingerprint density at radius 2 is 2.08 bits per heavy atom. The first kappa shape index (κ1) is 16.2. The number of benzene rings is 2. The van der Waals surface area contributed by atoms with Gasteiger partial charge in [0, 0.05) is 4.90 Å². The van der Waals surface area contributed by atoms with Crippen molar-refractivity contribution < 1.29 is 14.6 Å². The fourth-order valence-corrected chi connectivity index (χ4v) is 4.82. The average Bonchev–Trinajstić information content (AvgIpc) is 2.79. The number of nitrogens with one attached hydrogen (secondary N) is 1. The molecule has 3 atom stereocenters. The number of anilines is 1. The molecular weight excluding hydrogens is 334 g/mol. The second-order valence-electron chi connectivity index (χ2n) is 6.25. The molecule has 0 bridgehead atoms. The highest BCUT2D eigenvalue weighted by Crippen LogP contribution is 2.44. The van der Waals surface area contributed by atoms with E-state index in [4.69, 9.17) is 4.74 Å². The van der Waals surface area contributed by atoms with Crippen molar-refractivity contribution in [1.82, 2.24) is 0 Å². The lowest BCUT2D eigenvalue weighted by Crippen LogP contribution is -2.38. The molecular formula is C20H19NO3S. The van der Waals surface area contributed by atoms with Gasteiger partial charge in [0.15, 0.2) is 0 Å². The number of ether oxygens (including phenoxy) is 1. The molecule has 2 aliphatic rings. The summed E-state index contributed by atoms with van der Waals surface area (Å²) in [6.07, 6.45) is 5.62. The van der Waals surface area contributed by atoms with E-state index >= 15 is 0 Å². The van der Waals surface area contributed by atoms with E-state index in [1.54, 1.807) is 18.9 Å². The maximum Gasteiger partial charge on any atom is 0.254 e. The molecule has 0 saturated heterocycles. The summed E-state index contributed by atoms with van der Waals surface area (Å²) in [5.74, 6) is 0.538. The van der Waals surface area contributed by atoms with Gasteiger partial charge < -0.3 is 15.2 Å². The molecule has 0 saturated carbocycles. The second kappa shape index (κ2) is 6.58. The van der Waals surface area contributed by atoms with Gasteiger partial charge >= 0.3 is 0 Å². The largest absolute Gasteiger partial charge is 0.497 e. The minimum Gasteiger partial charge on any atom is -0.497 e. The second-order valence-corrected chi connectivity index (χ2v) is 7.44. The number of aliphatic hydroxyl groups excluding tert-OH is 1. The van der Waals surface area contributed by atoms with Gasteiger partial charge in [-0.2, -0.15) is 0 Å². The molecule has 1 unspecified atom stereocenters. The first-order valence-electron chi connectivity index (χ1n) is 8.27. The van der Waals surface area contributed by atoms with Gasteiger partial charge in [-0.3, -0.25) is 4.79 Å². The van der Waals surface area contributed by atoms with Crippen LogP contribution in [0.5, 0.6) is 0 Å². The third-order valence-electron chi connectivity index (χ3n) is 4.73. The summed E-state index contributed by atoms with van der Waals surface area (Å²) in [5.41, 5.74) is 0.767. The number of rotatable bonds is 2. The Labute approximate surface area is 150 Å². The number of carbonyl (C=O) groups is 1. The van der Waals surface area contributed by atoms with Crippen LogP contribution in [0.2, 0.25) is 0 Å². The lowest BCUT2D eigenvalue weighted by molar-refractivity contribution is -0.124. The normalized spacial score (nSPS) is 25.8. The Bertz CT molecular complexity index is 890. The van der Waals surface area contributed by atoms with Crippen molar-refractivity contribution in [2.24, 2.45) is 5.92 Å². The first-order chi connectivity index (χ1) is 12.2. The van der Waals surface area contributed by atoms with Gasteiger partial charge in [0.05, 0.1) is 18.0 Å². The number of hydrogen-bond acceptors (Lipinski definition) is 4. The molecule has 0 aromatic heterocycles. The number of carbonyl (C=O) groups excluding carboxylic acids is 1. The van der Waals surface area contributed by atoms with Crippen LogP contribution in [0.25, 0.3) is 10.8 Å². The topological polar surface area (TPSA) is 58.6 Å². The third kappa shape index (κ3) is 2.94. The Kier molecular flexibility index (Phi) is 4.27. The molecule has 4 rings (SSSR count). The molecule has 1 heterocycles. The number of amides is 1. The summed E-state index contributed by atoms with van der Waals surface area (Å²) < 4.78 is 5.24. The number of hydrogen-bond donors (Lipinski definition) is 2. The van der Waals surface area contributed by atoms with Gasteiger partial charge in [0.2, 0.25) is 0 Å². The predicted molar refractivity (Wildman–Crippen MR) is 101 cm³/mol. The van der Waals surface area contributed by atoms with Crippen LogP contribution in [-0.2, 0) is 9.53 Å². The average molecular weight is 353 g/mol. The summed E-state index contributed by atoms with van der Waals surface area (Å²) in [6, 6.07) is 12.0. The number of allylic oxidation sites excluding steroid dienone is 3. The van der Waals surface area contributed by atoms with Crippen LogP contribution in [0.1, 0.15) is 6.42 Å². The molecule has 1 aliphatic heterocycles. The molecule has 0 fully saturated rings. The molecule has 0 spiro atoms. The van der Waals surface area contributed by atoms with E-state index in [0.29, 0.717) is 0 Å². The van der Waals surface area contributed by atoms with Crippen molar-refractivity contribution >= 4 is 34.1 Å². The monoisotopic (exact) mass is 353 g/mol. The van der Waals surface area contributed by atoms with Gasteiger partial charge in [0.25, 0.3) is 5.91 Å². The van der Waals surface area contributed by atoms with Crippen molar-refractivity contribution in [2.75, 3.05) is 12.4 Å². The van der Waals surface area contributed by atoms with E-state index in [9.17, 15) is 9.90 Å². The summed E-state index contributed by atoms with van der Waals surface area (Å²) in [4.78, 5) is 13.5. The van der Waals surface area contributed by atoms with E-state index in [-0.39, 0.29) is 17.1 Å². The van der Waals surface area contributed by atoms with Crippen LogP contribution in [0.3, 0.4) is 0 Å². The van der Waals surface area contributed by atoms with Crippen molar-refractivity contribution in [3.63, 3.8) is 0 Å². The molecule has 128 valence electrons. The zero-order valence-corrected chi connectivity index (χ0v) is 14.6. The minimum absolute atomic E-state index is 0.0644. The van der Waals surface area contributed by atoms with Crippen molar-refractivity contribution in [1.29, 1.82) is 0 Å². The van der Waals surface area contributed by atoms with Gasteiger partial charge in [-0.1, -0.05) is 36.4 Å². The predicted octanol–water partition coefficient (Wildman–Crippen LogP) is 3.72. The Balaban J connectivity index is 1.75. The number of fused-ring (bicyclic) bond motifs is 3. The van der Waals surface area contributed by atoms with Crippen molar-refractivity contribution in [3.05, 3.63) is 60.4 Å². The molecule has 2 N–H and O–H groups in total. The van der Waals surface area contributed by atoms with Gasteiger partial charge in [-0.25, -0.2) is 0 Å².